The third-order valence-electron chi connectivity index (χ3n) is 6.12. The quantitative estimate of drug-likeness (QED) is 0.387. The first-order chi connectivity index (χ1) is 16.4. The molecule has 0 spiro atoms. The van der Waals surface area contributed by atoms with Crippen LogP contribution in [0.15, 0.2) is 45.3 Å². The van der Waals surface area contributed by atoms with Gasteiger partial charge < -0.3 is 18.6 Å². The Balaban J connectivity index is 1.36. The Morgan fingerprint density at radius 1 is 1.06 bits per heavy atom. The maximum absolute atomic E-state index is 13.1. The van der Waals surface area contributed by atoms with E-state index in [2.05, 4.69) is 10.1 Å². The summed E-state index contributed by atoms with van der Waals surface area (Å²) in [5, 5.41) is 4.50. The van der Waals surface area contributed by atoms with Gasteiger partial charge in [0.15, 0.2) is 0 Å². The van der Waals surface area contributed by atoms with Crippen molar-refractivity contribution < 1.29 is 23.3 Å². The summed E-state index contributed by atoms with van der Waals surface area (Å²) >= 11 is 0. The van der Waals surface area contributed by atoms with Gasteiger partial charge in [-0.1, -0.05) is 17.3 Å². The standard InChI is InChI=1S/C26H25N3O5/c1-15-12-20(17(3)33-15)22-13-21(23-16(2)28-34-24(23)27-22)26(31)32-14-18-6-8-19(9-7-18)25(30)29-10-4-5-11-29/h6-9,12-13H,4-5,10-11,14H2,1-3H3. The van der Waals surface area contributed by atoms with Gasteiger partial charge in [0.1, 0.15) is 18.1 Å². The molecule has 1 fully saturated rings. The van der Waals surface area contributed by atoms with E-state index in [4.69, 9.17) is 13.7 Å². The highest BCUT2D eigenvalue weighted by atomic mass is 16.5. The summed E-state index contributed by atoms with van der Waals surface area (Å²) in [6.07, 6.45) is 2.10. The van der Waals surface area contributed by atoms with E-state index in [1.807, 2.05) is 36.9 Å². The molecule has 0 N–H and O–H groups in total. The lowest BCUT2D eigenvalue weighted by atomic mass is 10.1. The van der Waals surface area contributed by atoms with Gasteiger partial charge >= 0.3 is 5.97 Å². The fourth-order valence-corrected chi connectivity index (χ4v) is 4.35. The summed E-state index contributed by atoms with van der Waals surface area (Å²) in [4.78, 5) is 32.0. The van der Waals surface area contributed by atoms with Gasteiger partial charge in [-0.15, -0.1) is 0 Å². The van der Waals surface area contributed by atoms with Gasteiger partial charge in [0.2, 0.25) is 0 Å². The van der Waals surface area contributed by atoms with E-state index in [9.17, 15) is 9.59 Å². The van der Waals surface area contributed by atoms with E-state index in [1.54, 1.807) is 25.1 Å². The van der Waals surface area contributed by atoms with E-state index < -0.39 is 5.97 Å². The third kappa shape index (κ3) is 4.07. The normalized spacial score (nSPS) is 13.6. The first-order valence-electron chi connectivity index (χ1n) is 11.3. The largest absolute Gasteiger partial charge is 0.466 e. The molecule has 3 aromatic heterocycles. The molecule has 8 heteroatoms. The highest BCUT2D eigenvalue weighted by Gasteiger charge is 2.22. The molecular formula is C26H25N3O5. The number of benzene rings is 1. The van der Waals surface area contributed by atoms with E-state index >= 15 is 0 Å². The van der Waals surface area contributed by atoms with Crippen molar-refractivity contribution in [3.63, 3.8) is 0 Å². The molecule has 5 rings (SSSR count). The minimum Gasteiger partial charge on any atom is -0.466 e. The van der Waals surface area contributed by atoms with Crippen LogP contribution in [-0.2, 0) is 11.3 Å². The molecule has 0 saturated carbocycles. The minimum atomic E-state index is -0.505. The average molecular weight is 460 g/mol. The SMILES string of the molecule is Cc1cc(-c2cc(C(=O)OCc3ccc(C(=O)N4CCCC4)cc3)c3c(C)noc3n2)c(C)o1. The molecule has 4 heterocycles. The van der Waals surface area contributed by atoms with Crippen LogP contribution in [-0.4, -0.2) is 40.0 Å². The zero-order chi connectivity index (χ0) is 23.8. The van der Waals surface area contributed by atoms with Gasteiger partial charge in [0, 0.05) is 24.2 Å². The Bertz CT molecular complexity index is 1380. The van der Waals surface area contributed by atoms with Crippen LogP contribution >= 0.6 is 0 Å². The van der Waals surface area contributed by atoms with Crippen molar-refractivity contribution in [3.05, 3.63) is 70.3 Å². The van der Waals surface area contributed by atoms with Crippen molar-refractivity contribution in [2.75, 3.05) is 13.1 Å². The van der Waals surface area contributed by atoms with Crippen molar-refractivity contribution in [1.29, 1.82) is 0 Å². The second kappa shape index (κ2) is 8.78. The molecular weight excluding hydrogens is 434 g/mol. The lowest BCUT2D eigenvalue weighted by molar-refractivity contribution is 0.0474. The number of carbonyl (C=O) groups is 2. The number of pyridine rings is 1. The molecule has 0 unspecified atom stereocenters. The highest BCUT2D eigenvalue weighted by molar-refractivity contribution is 6.04. The highest BCUT2D eigenvalue weighted by Crippen LogP contribution is 2.31. The van der Waals surface area contributed by atoms with Gasteiger partial charge in [0.05, 0.1) is 22.3 Å². The molecule has 1 aliphatic rings. The summed E-state index contributed by atoms with van der Waals surface area (Å²) in [5.41, 5.74) is 3.92. The van der Waals surface area contributed by atoms with E-state index in [1.165, 1.54) is 0 Å². The number of aromatic nitrogens is 2. The first-order valence-corrected chi connectivity index (χ1v) is 11.3. The van der Waals surface area contributed by atoms with E-state index in [0.717, 1.165) is 42.8 Å². The number of esters is 1. The molecule has 0 bridgehead atoms. The van der Waals surface area contributed by atoms with Gasteiger partial charge in [0.25, 0.3) is 11.6 Å². The molecule has 4 aromatic rings. The molecule has 8 nitrogen and oxygen atoms in total. The van der Waals surface area contributed by atoms with Crippen LogP contribution in [0.3, 0.4) is 0 Å². The number of hydrogen-bond acceptors (Lipinski definition) is 7. The van der Waals surface area contributed by atoms with Crippen LogP contribution in [0.4, 0.5) is 0 Å². The van der Waals surface area contributed by atoms with Crippen LogP contribution in [0.2, 0.25) is 0 Å². The van der Waals surface area contributed by atoms with Crippen LogP contribution in [0.5, 0.6) is 0 Å². The number of aryl methyl sites for hydroxylation is 3. The predicted molar refractivity (Wildman–Crippen MR) is 124 cm³/mol. The Kier molecular flexibility index (Phi) is 5.65. The van der Waals surface area contributed by atoms with Gasteiger partial charge in [-0.05, 0) is 63.4 Å². The van der Waals surface area contributed by atoms with Crippen LogP contribution < -0.4 is 0 Å². The lowest BCUT2D eigenvalue weighted by Crippen LogP contribution is -2.27. The Morgan fingerprint density at radius 2 is 1.79 bits per heavy atom. The Morgan fingerprint density at radius 3 is 2.47 bits per heavy atom. The number of hydrogen-bond donors (Lipinski definition) is 0. The lowest BCUT2D eigenvalue weighted by Gasteiger charge is -2.15. The molecule has 0 radical (unpaired) electrons. The average Bonchev–Trinajstić information content (AvgIpc) is 3.57. The molecule has 1 saturated heterocycles. The van der Waals surface area contributed by atoms with Crippen LogP contribution in [0.1, 0.15) is 56.3 Å². The summed E-state index contributed by atoms with van der Waals surface area (Å²) in [6, 6.07) is 10.7. The first kappa shape index (κ1) is 21.9. The van der Waals surface area contributed by atoms with Crippen LogP contribution in [0.25, 0.3) is 22.4 Å². The van der Waals surface area contributed by atoms with Gasteiger partial charge in [-0.2, -0.15) is 0 Å². The number of furan rings is 1. The Labute approximate surface area is 196 Å². The van der Waals surface area contributed by atoms with Gasteiger partial charge in [-0.3, -0.25) is 4.79 Å². The monoisotopic (exact) mass is 459 g/mol. The molecule has 1 aromatic carbocycles. The van der Waals surface area contributed by atoms with Crippen LogP contribution in [0, 0.1) is 20.8 Å². The third-order valence-corrected chi connectivity index (χ3v) is 6.12. The minimum absolute atomic E-state index is 0.0421. The zero-order valence-electron chi connectivity index (χ0n) is 19.4. The number of fused-ring (bicyclic) bond motifs is 1. The second-order valence-corrected chi connectivity index (χ2v) is 8.60. The van der Waals surface area contributed by atoms with Crippen molar-refractivity contribution in [1.82, 2.24) is 15.0 Å². The van der Waals surface area contributed by atoms with Crippen molar-refractivity contribution in [2.24, 2.45) is 0 Å². The number of amides is 1. The summed E-state index contributed by atoms with van der Waals surface area (Å²) in [5.74, 6) is 0.984. The number of nitrogens with zero attached hydrogens (tertiary/aromatic N) is 3. The number of likely N-dealkylation sites (tertiary alicyclic amines) is 1. The molecule has 34 heavy (non-hydrogen) atoms. The summed E-state index contributed by atoms with van der Waals surface area (Å²) in [6.45, 7) is 7.14. The molecule has 1 aliphatic heterocycles. The number of ether oxygens (including phenoxy) is 1. The maximum atomic E-state index is 13.1. The zero-order valence-corrected chi connectivity index (χ0v) is 19.4. The number of carbonyl (C=O) groups excluding carboxylic acids is 2. The molecule has 0 aliphatic carbocycles. The maximum Gasteiger partial charge on any atom is 0.339 e. The number of rotatable bonds is 5. The van der Waals surface area contributed by atoms with Crippen molar-refractivity contribution >= 4 is 23.0 Å². The summed E-state index contributed by atoms with van der Waals surface area (Å²) in [7, 11) is 0. The van der Waals surface area contributed by atoms with E-state index in [-0.39, 0.29) is 18.2 Å². The molecule has 174 valence electrons. The van der Waals surface area contributed by atoms with Gasteiger partial charge in [-0.25, -0.2) is 9.78 Å². The van der Waals surface area contributed by atoms with E-state index in [0.29, 0.717) is 33.7 Å². The second-order valence-electron chi connectivity index (χ2n) is 8.60. The van der Waals surface area contributed by atoms with Crippen molar-refractivity contribution in [2.45, 2.75) is 40.2 Å². The van der Waals surface area contributed by atoms with Crippen molar-refractivity contribution in [3.8, 4) is 11.3 Å². The Hall–Kier alpha value is -3.94. The molecule has 0 atom stereocenters. The predicted octanol–water partition coefficient (Wildman–Crippen LogP) is 5.00. The smallest absolute Gasteiger partial charge is 0.339 e. The summed E-state index contributed by atoms with van der Waals surface area (Å²) < 4.78 is 16.6. The molecule has 1 amide bonds. The fraction of sp³-hybridized carbons (Fsp3) is 0.308. The fourth-order valence-electron chi connectivity index (χ4n) is 4.35. The topological polar surface area (TPSA) is 98.7 Å².